The number of ether oxygens (including phenoxy) is 1. The largest absolute Gasteiger partial charge is 0.390 e. The van der Waals surface area contributed by atoms with E-state index in [1.165, 1.54) is 19.3 Å². The van der Waals surface area contributed by atoms with Crippen LogP contribution in [-0.2, 0) is 4.74 Å². The van der Waals surface area contributed by atoms with Crippen molar-refractivity contribution in [2.45, 2.75) is 45.3 Å². The molecule has 2 heteroatoms. The number of aliphatic hydroxyl groups excluding tert-OH is 1. The molecule has 0 radical (unpaired) electrons. The molecule has 0 heterocycles. The molecule has 3 saturated carbocycles. The van der Waals surface area contributed by atoms with Crippen molar-refractivity contribution in [2.24, 2.45) is 29.6 Å². The third kappa shape index (κ3) is 1.53. The Labute approximate surface area is 92.0 Å². The molecule has 0 spiro atoms. The maximum atomic E-state index is 10.1. The Hall–Kier alpha value is -0.0800. The van der Waals surface area contributed by atoms with Crippen molar-refractivity contribution in [3.63, 3.8) is 0 Å². The monoisotopic (exact) mass is 210 g/mol. The van der Waals surface area contributed by atoms with Crippen LogP contribution in [0.2, 0.25) is 0 Å². The highest BCUT2D eigenvalue weighted by atomic mass is 16.5. The number of hydrogen-bond donors (Lipinski definition) is 1. The van der Waals surface area contributed by atoms with Crippen molar-refractivity contribution in [1.29, 1.82) is 0 Å². The Morgan fingerprint density at radius 2 is 1.80 bits per heavy atom. The molecule has 3 rings (SSSR count). The van der Waals surface area contributed by atoms with Gasteiger partial charge in [-0.1, -0.05) is 0 Å². The van der Waals surface area contributed by atoms with Crippen LogP contribution in [0.1, 0.15) is 33.1 Å². The Morgan fingerprint density at radius 3 is 2.33 bits per heavy atom. The molecule has 0 saturated heterocycles. The lowest BCUT2D eigenvalue weighted by molar-refractivity contribution is -0.00991. The Bertz CT molecular complexity index is 235. The van der Waals surface area contributed by atoms with E-state index in [2.05, 4.69) is 0 Å². The Morgan fingerprint density at radius 1 is 1.20 bits per heavy atom. The predicted octanol–water partition coefficient (Wildman–Crippen LogP) is 2.06. The van der Waals surface area contributed by atoms with Crippen molar-refractivity contribution in [1.82, 2.24) is 0 Å². The van der Waals surface area contributed by atoms with Crippen LogP contribution in [0.15, 0.2) is 0 Å². The molecule has 0 aromatic heterocycles. The van der Waals surface area contributed by atoms with E-state index in [1.54, 1.807) is 0 Å². The molecule has 5 unspecified atom stereocenters. The minimum atomic E-state index is -0.189. The van der Waals surface area contributed by atoms with Gasteiger partial charge in [0.25, 0.3) is 0 Å². The van der Waals surface area contributed by atoms with Crippen molar-refractivity contribution < 1.29 is 9.84 Å². The summed E-state index contributed by atoms with van der Waals surface area (Å²) in [5, 5.41) is 10.1. The van der Waals surface area contributed by atoms with Gasteiger partial charge >= 0.3 is 0 Å². The number of rotatable bonds is 4. The molecule has 0 aliphatic heterocycles. The number of fused-ring (bicyclic) bond motifs is 5. The Kier molecular flexibility index (Phi) is 2.33. The van der Waals surface area contributed by atoms with E-state index in [9.17, 15) is 5.11 Å². The lowest BCUT2D eigenvalue weighted by Gasteiger charge is -2.16. The highest BCUT2D eigenvalue weighted by molar-refractivity contribution is 5.14. The average molecular weight is 210 g/mol. The molecule has 5 atom stereocenters. The summed E-state index contributed by atoms with van der Waals surface area (Å²) in [6, 6.07) is 0. The van der Waals surface area contributed by atoms with Gasteiger partial charge in [0.1, 0.15) is 0 Å². The van der Waals surface area contributed by atoms with E-state index in [0.29, 0.717) is 12.5 Å². The normalized spacial score (nSPS) is 48.4. The molecule has 2 bridgehead atoms. The van der Waals surface area contributed by atoms with Gasteiger partial charge in [-0.15, -0.1) is 0 Å². The molecule has 0 aromatic carbocycles. The van der Waals surface area contributed by atoms with Crippen LogP contribution in [0.3, 0.4) is 0 Å². The van der Waals surface area contributed by atoms with Crippen molar-refractivity contribution in [3.8, 4) is 0 Å². The molecule has 2 nitrogen and oxygen atoms in total. The van der Waals surface area contributed by atoms with Crippen molar-refractivity contribution in [3.05, 3.63) is 0 Å². The van der Waals surface area contributed by atoms with E-state index in [0.717, 1.165) is 23.7 Å². The molecular weight excluding hydrogens is 188 g/mol. The zero-order chi connectivity index (χ0) is 10.6. The van der Waals surface area contributed by atoms with Crippen LogP contribution >= 0.6 is 0 Å². The summed E-state index contributed by atoms with van der Waals surface area (Å²) in [6.45, 7) is 4.61. The SMILES string of the molecule is CC(C)OCC(O)C1C2C3CCC(C3)C12. The highest BCUT2D eigenvalue weighted by Gasteiger charge is 2.66. The van der Waals surface area contributed by atoms with Gasteiger partial charge in [-0.2, -0.15) is 0 Å². The number of hydrogen-bond acceptors (Lipinski definition) is 2. The van der Waals surface area contributed by atoms with Gasteiger partial charge in [0.05, 0.1) is 18.8 Å². The van der Waals surface area contributed by atoms with Crippen LogP contribution < -0.4 is 0 Å². The molecule has 3 aliphatic carbocycles. The van der Waals surface area contributed by atoms with Crippen LogP contribution in [0.25, 0.3) is 0 Å². The summed E-state index contributed by atoms with van der Waals surface area (Å²) in [7, 11) is 0. The van der Waals surface area contributed by atoms with Crippen LogP contribution in [-0.4, -0.2) is 23.9 Å². The zero-order valence-electron chi connectivity index (χ0n) is 9.73. The van der Waals surface area contributed by atoms with Gasteiger partial charge in [-0.3, -0.25) is 0 Å². The number of aliphatic hydroxyl groups is 1. The summed E-state index contributed by atoms with van der Waals surface area (Å²) < 4.78 is 5.51. The smallest absolute Gasteiger partial charge is 0.0807 e. The molecule has 1 N–H and O–H groups in total. The average Bonchev–Trinajstić information content (AvgIpc) is 2.64. The van der Waals surface area contributed by atoms with Crippen LogP contribution in [0, 0.1) is 29.6 Å². The molecule has 3 aliphatic rings. The zero-order valence-corrected chi connectivity index (χ0v) is 9.73. The summed E-state index contributed by atoms with van der Waals surface area (Å²) >= 11 is 0. The topological polar surface area (TPSA) is 29.5 Å². The summed E-state index contributed by atoms with van der Waals surface area (Å²) in [6.07, 6.45) is 4.38. The first-order valence-electron chi connectivity index (χ1n) is 6.48. The third-order valence-electron chi connectivity index (χ3n) is 4.84. The quantitative estimate of drug-likeness (QED) is 0.769. The lowest BCUT2D eigenvalue weighted by atomic mass is 9.99. The fourth-order valence-corrected chi connectivity index (χ4v) is 4.31. The van der Waals surface area contributed by atoms with E-state index < -0.39 is 0 Å². The second-order valence-electron chi connectivity index (χ2n) is 6.01. The highest BCUT2D eigenvalue weighted by Crippen LogP contribution is 2.70. The first kappa shape index (κ1) is 10.1. The fourth-order valence-electron chi connectivity index (χ4n) is 4.31. The molecule has 86 valence electrons. The fraction of sp³-hybridized carbons (Fsp3) is 1.00. The van der Waals surface area contributed by atoms with Gasteiger partial charge in [-0.25, -0.2) is 0 Å². The second kappa shape index (κ2) is 3.46. The van der Waals surface area contributed by atoms with Gasteiger partial charge < -0.3 is 9.84 Å². The summed E-state index contributed by atoms with van der Waals surface area (Å²) in [5.41, 5.74) is 0. The Balaban J connectivity index is 1.54. The summed E-state index contributed by atoms with van der Waals surface area (Å²) in [4.78, 5) is 0. The maximum Gasteiger partial charge on any atom is 0.0807 e. The lowest BCUT2D eigenvalue weighted by Crippen LogP contribution is -2.23. The van der Waals surface area contributed by atoms with Crippen molar-refractivity contribution >= 4 is 0 Å². The van der Waals surface area contributed by atoms with Gasteiger partial charge in [0.2, 0.25) is 0 Å². The molecule has 0 amide bonds. The minimum Gasteiger partial charge on any atom is -0.390 e. The van der Waals surface area contributed by atoms with E-state index in [4.69, 9.17) is 4.74 Å². The van der Waals surface area contributed by atoms with E-state index >= 15 is 0 Å². The first-order valence-corrected chi connectivity index (χ1v) is 6.48. The molecule has 0 aromatic rings. The standard InChI is InChI=1S/C13H22O2/c1-7(2)15-6-10(14)13-11-8-3-4-9(5-8)12(11)13/h7-14H,3-6H2,1-2H3. The molecule has 3 fully saturated rings. The third-order valence-corrected chi connectivity index (χ3v) is 4.84. The van der Waals surface area contributed by atoms with Crippen molar-refractivity contribution in [2.75, 3.05) is 6.61 Å². The van der Waals surface area contributed by atoms with E-state index in [-0.39, 0.29) is 12.2 Å². The second-order valence-corrected chi connectivity index (χ2v) is 6.01. The maximum absolute atomic E-state index is 10.1. The first-order chi connectivity index (χ1) is 7.18. The molecule has 15 heavy (non-hydrogen) atoms. The van der Waals surface area contributed by atoms with Gasteiger partial charge in [-0.05, 0) is 62.7 Å². The predicted molar refractivity (Wildman–Crippen MR) is 58.4 cm³/mol. The van der Waals surface area contributed by atoms with E-state index in [1.807, 2.05) is 13.8 Å². The molecular formula is C13H22O2. The van der Waals surface area contributed by atoms with Gasteiger partial charge in [0.15, 0.2) is 0 Å². The minimum absolute atomic E-state index is 0.189. The van der Waals surface area contributed by atoms with Crippen LogP contribution in [0.5, 0.6) is 0 Å². The summed E-state index contributed by atoms with van der Waals surface area (Å²) in [5.74, 6) is 4.25. The van der Waals surface area contributed by atoms with Gasteiger partial charge in [0, 0.05) is 0 Å². The van der Waals surface area contributed by atoms with Crippen LogP contribution in [0.4, 0.5) is 0 Å².